The Morgan fingerprint density at radius 2 is 1.79 bits per heavy atom. The first-order valence-corrected chi connectivity index (χ1v) is 11.3. The van der Waals surface area contributed by atoms with Gasteiger partial charge in [0.1, 0.15) is 6.10 Å². The van der Waals surface area contributed by atoms with Crippen molar-refractivity contribution in [2.24, 2.45) is 0 Å². The Morgan fingerprint density at radius 3 is 2.47 bits per heavy atom. The lowest BCUT2D eigenvalue weighted by atomic mass is 10.2. The summed E-state index contributed by atoms with van der Waals surface area (Å²) < 4.78 is 16.4. The molecule has 0 aromatic heterocycles. The first kappa shape index (κ1) is 25.0. The number of carbonyl (C=O) groups is 3. The van der Waals surface area contributed by atoms with E-state index < -0.39 is 6.10 Å². The van der Waals surface area contributed by atoms with Gasteiger partial charge >= 0.3 is 0 Å². The highest BCUT2D eigenvalue weighted by Crippen LogP contribution is 2.28. The monoisotopic (exact) mass is 469 g/mol. The van der Waals surface area contributed by atoms with Gasteiger partial charge in [0.2, 0.25) is 5.91 Å². The van der Waals surface area contributed by atoms with Gasteiger partial charge in [-0.1, -0.05) is 6.07 Å². The number of ether oxygens (including phenoxy) is 3. The Kier molecular flexibility index (Phi) is 8.86. The second-order valence-electron chi connectivity index (χ2n) is 8.03. The maximum atomic E-state index is 12.5. The molecule has 182 valence electrons. The van der Waals surface area contributed by atoms with Crippen molar-refractivity contribution < 1.29 is 28.6 Å². The van der Waals surface area contributed by atoms with Crippen LogP contribution in [-0.2, 0) is 14.3 Å². The number of nitrogens with one attached hydrogen (secondary N) is 3. The van der Waals surface area contributed by atoms with E-state index in [0.717, 1.165) is 18.4 Å². The molecule has 1 heterocycles. The van der Waals surface area contributed by atoms with Gasteiger partial charge < -0.3 is 30.2 Å². The number of amides is 3. The number of methoxy groups -OCH3 is 1. The zero-order valence-corrected chi connectivity index (χ0v) is 19.7. The van der Waals surface area contributed by atoms with Gasteiger partial charge in [-0.3, -0.25) is 14.4 Å². The van der Waals surface area contributed by atoms with E-state index in [1.54, 1.807) is 44.4 Å². The van der Waals surface area contributed by atoms with E-state index in [2.05, 4.69) is 16.0 Å². The molecule has 1 aliphatic rings. The number of benzene rings is 2. The third kappa shape index (κ3) is 6.95. The Balaban J connectivity index is 1.43. The summed E-state index contributed by atoms with van der Waals surface area (Å²) in [5.41, 5.74) is 2.00. The average Bonchev–Trinajstić information content (AvgIpc) is 3.38. The number of carbonyl (C=O) groups excluding carboxylic acids is 3. The quantitative estimate of drug-likeness (QED) is 0.461. The van der Waals surface area contributed by atoms with Crippen molar-refractivity contribution in [3.63, 3.8) is 0 Å². The molecular formula is C25H31N3O6. The first-order chi connectivity index (χ1) is 16.4. The zero-order chi connectivity index (χ0) is 24.5. The fourth-order valence-electron chi connectivity index (χ4n) is 3.43. The Morgan fingerprint density at radius 1 is 1.06 bits per heavy atom. The van der Waals surface area contributed by atoms with E-state index in [9.17, 15) is 14.4 Å². The van der Waals surface area contributed by atoms with E-state index in [1.807, 2.05) is 19.1 Å². The molecule has 2 unspecified atom stereocenters. The summed E-state index contributed by atoms with van der Waals surface area (Å²) in [6, 6.07) is 12.0. The van der Waals surface area contributed by atoms with Crippen LogP contribution in [0.5, 0.6) is 11.5 Å². The topological polar surface area (TPSA) is 115 Å². The molecule has 9 nitrogen and oxygen atoms in total. The third-order valence-corrected chi connectivity index (χ3v) is 5.34. The lowest BCUT2D eigenvalue weighted by Crippen LogP contribution is -2.39. The maximum Gasteiger partial charge on any atom is 0.265 e. The fourth-order valence-corrected chi connectivity index (χ4v) is 3.43. The number of hydrogen-bond donors (Lipinski definition) is 3. The summed E-state index contributed by atoms with van der Waals surface area (Å²) in [6.45, 7) is 4.82. The van der Waals surface area contributed by atoms with Crippen LogP contribution >= 0.6 is 0 Å². The van der Waals surface area contributed by atoms with Crippen LogP contribution in [0.1, 0.15) is 35.7 Å². The molecular weight excluding hydrogens is 438 g/mol. The SMILES string of the molecule is COc1cc(C)ccc1OC(C)C(=O)Nc1ccc(C(=O)NCCNC(=O)C2CCCO2)cc1. The second-order valence-corrected chi connectivity index (χ2v) is 8.03. The molecule has 1 saturated heterocycles. The molecule has 9 heteroatoms. The summed E-state index contributed by atoms with van der Waals surface area (Å²) >= 11 is 0. The Hall–Kier alpha value is -3.59. The van der Waals surface area contributed by atoms with E-state index >= 15 is 0 Å². The molecule has 3 rings (SSSR count). The van der Waals surface area contributed by atoms with Crippen LogP contribution in [-0.4, -0.2) is 56.7 Å². The van der Waals surface area contributed by atoms with Crippen molar-refractivity contribution >= 4 is 23.4 Å². The molecule has 0 bridgehead atoms. The zero-order valence-electron chi connectivity index (χ0n) is 19.7. The van der Waals surface area contributed by atoms with Crippen molar-refractivity contribution in [2.45, 2.75) is 38.9 Å². The molecule has 1 fully saturated rings. The van der Waals surface area contributed by atoms with Gasteiger partial charge in [-0.05, 0) is 68.7 Å². The largest absolute Gasteiger partial charge is 0.493 e. The summed E-state index contributed by atoms with van der Waals surface area (Å²) in [7, 11) is 1.55. The number of anilines is 1. The lowest BCUT2D eigenvalue weighted by molar-refractivity contribution is -0.130. The predicted molar refractivity (Wildman–Crippen MR) is 127 cm³/mol. The summed E-state index contributed by atoms with van der Waals surface area (Å²) in [6.07, 6.45) is 0.472. The van der Waals surface area contributed by atoms with Crippen LogP contribution in [0.3, 0.4) is 0 Å². The van der Waals surface area contributed by atoms with Crippen LogP contribution in [0.4, 0.5) is 5.69 Å². The smallest absolute Gasteiger partial charge is 0.265 e. The molecule has 2 aromatic rings. The molecule has 34 heavy (non-hydrogen) atoms. The Labute approximate surface area is 199 Å². The highest BCUT2D eigenvalue weighted by molar-refractivity contribution is 5.96. The molecule has 2 atom stereocenters. The minimum atomic E-state index is -0.760. The van der Waals surface area contributed by atoms with Crippen LogP contribution < -0.4 is 25.4 Å². The molecule has 0 radical (unpaired) electrons. The number of aryl methyl sites for hydroxylation is 1. The predicted octanol–water partition coefficient (Wildman–Crippen LogP) is 2.43. The molecule has 0 spiro atoms. The minimum absolute atomic E-state index is 0.147. The number of rotatable bonds is 10. The molecule has 3 amide bonds. The molecule has 0 saturated carbocycles. The average molecular weight is 470 g/mol. The van der Waals surface area contributed by atoms with Crippen LogP contribution in [0.15, 0.2) is 42.5 Å². The van der Waals surface area contributed by atoms with Crippen LogP contribution in [0.2, 0.25) is 0 Å². The van der Waals surface area contributed by atoms with Crippen molar-refractivity contribution in [3.05, 3.63) is 53.6 Å². The third-order valence-electron chi connectivity index (χ3n) is 5.34. The van der Waals surface area contributed by atoms with Gasteiger partial charge in [0, 0.05) is 30.9 Å². The van der Waals surface area contributed by atoms with Gasteiger partial charge in [0.15, 0.2) is 17.6 Å². The number of hydrogen-bond acceptors (Lipinski definition) is 6. The van der Waals surface area contributed by atoms with Gasteiger partial charge in [-0.15, -0.1) is 0 Å². The molecule has 2 aromatic carbocycles. The standard InChI is InChI=1S/C25H31N3O6/c1-16-6-11-20(22(15-16)32-3)34-17(2)23(29)28-19-9-7-18(8-10-19)24(30)26-12-13-27-25(31)21-5-4-14-33-21/h6-11,15,17,21H,4-5,12-14H2,1-3H3,(H,26,30)(H,27,31)(H,28,29). The fraction of sp³-hybridized carbons (Fsp3) is 0.400. The molecule has 1 aliphatic heterocycles. The van der Waals surface area contributed by atoms with Gasteiger partial charge in [0.05, 0.1) is 7.11 Å². The van der Waals surface area contributed by atoms with Crippen molar-refractivity contribution in [3.8, 4) is 11.5 Å². The van der Waals surface area contributed by atoms with Crippen molar-refractivity contribution in [1.29, 1.82) is 0 Å². The normalized spacial score (nSPS) is 15.8. The highest BCUT2D eigenvalue weighted by atomic mass is 16.5. The van der Waals surface area contributed by atoms with Crippen LogP contribution in [0.25, 0.3) is 0 Å². The maximum absolute atomic E-state index is 12.5. The minimum Gasteiger partial charge on any atom is -0.493 e. The van der Waals surface area contributed by atoms with Gasteiger partial charge in [0.25, 0.3) is 11.8 Å². The highest BCUT2D eigenvalue weighted by Gasteiger charge is 2.23. The van der Waals surface area contributed by atoms with Gasteiger partial charge in [-0.2, -0.15) is 0 Å². The molecule has 3 N–H and O–H groups in total. The summed E-state index contributed by atoms with van der Waals surface area (Å²) in [5.74, 6) is 0.288. The summed E-state index contributed by atoms with van der Waals surface area (Å²) in [5, 5.41) is 8.28. The van der Waals surface area contributed by atoms with E-state index in [1.165, 1.54) is 0 Å². The van der Waals surface area contributed by atoms with Gasteiger partial charge in [-0.25, -0.2) is 0 Å². The van der Waals surface area contributed by atoms with Crippen LogP contribution in [0, 0.1) is 6.92 Å². The second kappa shape index (κ2) is 12.0. The molecule has 0 aliphatic carbocycles. The van der Waals surface area contributed by atoms with E-state index in [-0.39, 0.29) is 23.8 Å². The van der Waals surface area contributed by atoms with E-state index in [0.29, 0.717) is 42.4 Å². The van der Waals surface area contributed by atoms with E-state index in [4.69, 9.17) is 14.2 Å². The lowest BCUT2D eigenvalue weighted by Gasteiger charge is -2.17. The first-order valence-electron chi connectivity index (χ1n) is 11.3. The van der Waals surface area contributed by atoms with Crippen molar-refractivity contribution in [2.75, 3.05) is 32.1 Å². The van der Waals surface area contributed by atoms with Crippen molar-refractivity contribution in [1.82, 2.24) is 10.6 Å². The Bertz CT molecular complexity index is 1000. The summed E-state index contributed by atoms with van der Waals surface area (Å²) in [4.78, 5) is 36.7.